The number of para-hydroxylation sites is 1. The summed E-state index contributed by atoms with van der Waals surface area (Å²) in [7, 11) is 0. The highest BCUT2D eigenvalue weighted by Gasteiger charge is 2.19. The van der Waals surface area contributed by atoms with Crippen molar-refractivity contribution in [2.45, 2.75) is 39.5 Å². The number of nitrogens with one attached hydrogen (secondary N) is 2. The number of hydrogen-bond acceptors (Lipinski definition) is 5. The quantitative estimate of drug-likeness (QED) is 0.507. The van der Waals surface area contributed by atoms with Crippen molar-refractivity contribution in [3.8, 4) is 5.75 Å². The van der Waals surface area contributed by atoms with Crippen molar-refractivity contribution in [1.29, 1.82) is 0 Å². The average Bonchev–Trinajstić information content (AvgIpc) is 3.17. The Kier molecular flexibility index (Phi) is 5.27. The minimum Gasteiger partial charge on any atom is -0.489 e. The second-order valence-corrected chi connectivity index (χ2v) is 8.15. The third kappa shape index (κ3) is 4.35. The molecule has 7 heteroatoms. The van der Waals surface area contributed by atoms with Gasteiger partial charge in [0.25, 0.3) is 5.56 Å². The molecule has 0 aliphatic carbocycles. The Balaban J connectivity index is 1.48. The van der Waals surface area contributed by atoms with Crippen molar-refractivity contribution in [3.63, 3.8) is 0 Å². The molecule has 2 aromatic heterocycles. The normalized spacial score (nSPS) is 11.6. The minimum absolute atomic E-state index is 0.206. The first kappa shape index (κ1) is 19.7. The highest BCUT2D eigenvalue weighted by Crippen LogP contribution is 2.19. The standard InChI is InChI=1S/C23H25N5O2/c1-23(2,3)28-20-19(14-25-28)21(29)27-22(26-20)24-13-16-8-7-9-17(12-16)15-30-18-10-5-4-6-11-18/h4-12,14H,13,15H2,1-3H3,(H2,24,26,27,29). The van der Waals surface area contributed by atoms with E-state index in [0.29, 0.717) is 30.1 Å². The molecule has 30 heavy (non-hydrogen) atoms. The van der Waals surface area contributed by atoms with Crippen LogP contribution in [0, 0.1) is 0 Å². The van der Waals surface area contributed by atoms with Crippen LogP contribution >= 0.6 is 0 Å². The zero-order valence-corrected chi connectivity index (χ0v) is 17.3. The fourth-order valence-electron chi connectivity index (χ4n) is 3.19. The van der Waals surface area contributed by atoms with Gasteiger partial charge in [-0.3, -0.25) is 9.78 Å². The number of aromatic nitrogens is 4. The van der Waals surface area contributed by atoms with E-state index in [1.165, 1.54) is 0 Å². The van der Waals surface area contributed by atoms with E-state index < -0.39 is 0 Å². The predicted octanol–water partition coefficient (Wildman–Crippen LogP) is 4.07. The monoisotopic (exact) mass is 403 g/mol. The largest absolute Gasteiger partial charge is 0.489 e. The zero-order chi connectivity index (χ0) is 21.1. The van der Waals surface area contributed by atoms with Gasteiger partial charge >= 0.3 is 0 Å². The average molecular weight is 403 g/mol. The summed E-state index contributed by atoms with van der Waals surface area (Å²) in [4.78, 5) is 19.8. The van der Waals surface area contributed by atoms with Crippen LogP contribution in [0.25, 0.3) is 11.0 Å². The van der Waals surface area contributed by atoms with Crippen molar-refractivity contribution >= 4 is 17.0 Å². The number of aromatic amines is 1. The van der Waals surface area contributed by atoms with E-state index in [1.54, 1.807) is 10.9 Å². The van der Waals surface area contributed by atoms with Crippen LogP contribution in [0.5, 0.6) is 5.75 Å². The lowest BCUT2D eigenvalue weighted by molar-refractivity contribution is 0.306. The molecule has 7 nitrogen and oxygen atoms in total. The first-order valence-corrected chi connectivity index (χ1v) is 9.88. The van der Waals surface area contributed by atoms with Gasteiger partial charge in [0, 0.05) is 6.54 Å². The van der Waals surface area contributed by atoms with Crippen molar-refractivity contribution < 1.29 is 4.74 Å². The van der Waals surface area contributed by atoms with E-state index >= 15 is 0 Å². The molecule has 0 spiro atoms. The van der Waals surface area contributed by atoms with Crippen LogP contribution in [-0.2, 0) is 18.7 Å². The van der Waals surface area contributed by atoms with Crippen LogP contribution < -0.4 is 15.6 Å². The van der Waals surface area contributed by atoms with Gasteiger partial charge < -0.3 is 10.1 Å². The molecule has 0 aliphatic heterocycles. The molecule has 0 radical (unpaired) electrons. The van der Waals surface area contributed by atoms with E-state index in [4.69, 9.17) is 4.74 Å². The smallest absolute Gasteiger partial charge is 0.263 e. The summed E-state index contributed by atoms with van der Waals surface area (Å²) >= 11 is 0. The van der Waals surface area contributed by atoms with Crippen LogP contribution in [0.3, 0.4) is 0 Å². The van der Waals surface area contributed by atoms with Gasteiger partial charge in [-0.25, -0.2) is 4.68 Å². The number of rotatable bonds is 6. The summed E-state index contributed by atoms with van der Waals surface area (Å²) in [6.07, 6.45) is 1.56. The molecule has 2 aromatic carbocycles. The van der Waals surface area contributed by atoms with Crippen molar-refractivity contribution in [3.05, 3.63) is 82.3 Å². The van der Waals surface area contributed by atoms with E-state index in [1.807, 2.05) is 69.3 Å². The van der Waals surface area contributed by atoms with E-state index in [0.717, 1.165) is 16.9 Å². The molecule has 0 aliphatic rings. The highest BCUT2D eigenvalue weighted by molar-refractivity contribution is 5.74. The first-order valence-electron chi connectivity index (χ1n) is 9.88. The molecule has 0 saturated heterocycles. The summed E-state index contributed by atoms with van der Waals surface area (Å²) < 4.78 is 7.59. The molecule has 4 rings (SSSR count). The topological polar surface area (TPSA) is 84.8 Å². The minimum atomic E-state index is -0.271. The second kappa shape index (κ2) is 8.02. The van der Waals surface area contributed by atoms with E-state index in [2.05, 4.69) is 26.4 Å². The SMILES string of the molecule is CC(C)(C)n1ncc2c(=O)[nH]c(NCc3cccc(COc4ccccc4)c3)nc21. The van der Waals surface area contributed by atoms with Crippen LogP contribution in [-0.4, -0.2) is 19.7 Å². The third-order valence-corrected chi connectivity index (χ3v) is 4.67. The van der Waals surface area contributed by atoms with Gasteiger partial charge in [-0.2, -0.15) is 10.1 Å². The molecule has 0 amide bonds. The molecule has 0 saturated carbocycles. The zero-order valence-electron chi connectivity index (χ0n) is 17.3. The Morgan fingerprint density at radius 1 is 1.07 bits per heavy atom. The molecular formula is C23H25N5O2. The van der Waals surface area contributed by atoms with Gasteiger partial charge in [-0.1, -0.05) is 42.5 Å². The van der Waals surface area contributed by atoms with Crippen molar-refractivity contribution in [2.24, 2.45) is 0 Å². The van der Waals surface area contributed by atoms with Gasteiger partial charge in [-0.15, -0.1) is 0 Å². The molecular weight excluding hydrogens is 378 g/mol. The Morgan fingerprint density at radius 2 is 1.83 bits per heavy atom. The predicted molar refractivity (Wildman–Crippen MR) is 118 cm³/mol. The maximum Gasteiger partial charge on any atom is 0.263 e. The molecule has 4 aromatic rings. The summed E-state index contributed by atoms with van der Waals surface area (Å²) in [5.41, 5.74) is 2.23. The number of nitrogens with zero attached hydrogens (tertiary/aromatic N) is 3. The molecule has 0 fully saturated rings. The maximum atomic E-state index is 12.4. The van der Waals surface area contributed by atoms with Crippen LogP contribution in [0.1, 0.15) is 31.9 Å². The number of ether oxygens (including phenoxy) is 1. The van der Waals surface area contributed by atoms with Crippen molar-refractivity contribution in [2.75, 3.05) is 5.32 Å². The number of H-pyrrole nitrogens is 1. The highest BCUT2D eigenvalue weighted by atomic mass is 16.5. The molecule has 2 heterocycles. The fraction of sp³-hybridized carbons (Fsp3) is 0.261. The lowest BCUT2D eigenvalue weighted by atomic mass is 10.1. The number of fused-ring (bicyclic) bond motifs is 1. The summed E-state index contributed by atoms with van der Waals surface area (Å²) in [5.74, 6) is 1.26. The molecule has 2 N–H and O–H groups in total. The molecule has 0 bridgehead atoms. The number of benzene rings is 2. The molecule has 0 unspecified atom stereocenters. The fourth-order valence-corrected chi connectivity index (χ4v) is 3.19. The third-order valence-electron chi connectivity index (χ3n) is 4.67. The Hall–Kier alpha value is -3.61. The number of hydrogen-bond donors (Lipinski definition) is 2. The number of anilines is 1. The lowest BCUT2D eigenvalue weighted by Crippen LogP contribution is -2.24. The van der Waals surface area contributed by atoms with Gasteiger partial charge in [0.2, 0.25) is 5.95 Å². The summed E-state index contributed by atoms with van der Waals surface area (Å²) in [5, 5.41) is 8.03. The van der Waals surface area contributed by atoms with Crippen LogP contribution in [0.4, 0.5) is 5.95 Å². The van der Waals surface area contributed by atoms with Gasteiger partial charge in [0.1, 0.15) is 17.7 Å². The van der Waals surface area contributed by atoms with Crippen molar-refractivity contribution in [1.82, 2.24) is 19.7 Å². The second-order valence-electron chi connectivity index (χ2n) is 8.15. The first-order chi connectivity index (χ1) is 14.4. The lowest BCUT2D eigenvalue weighted by Gasteiger charge is -2.19. The Bertz CT molecular complexity index is 1210. The summed E-state index contributed by atoms with van der Waals surface area (Å²) in [6, 6.07) is 17.9. The molecule has 154 valence electrons. The van der Waals surface area contributed by atoms with Crippen LogP contribution in [0.2, 0.25) is 0 Å². The molecule has 0 atom stereocenters. The van der Waals surface area contributed by atoms with Gasteiger partial charge in [0.05, 0.1) is 11.7 Å². The Morgan fingerprint density at radius 3 is 2.60 bits per heavy atom. The van der Waals surface area contributed by atoms with Crippen LogP contribution in [0.15, 0.2) is 65.6 Å². The van der Waals surface area contributed by atoms with Gasteiger partial charge in [0.15, 0.2) is 5.65 Å². The summed E-state index contributed by atoms with van der Waals surface area (Å²) in [6.45, 7) is 7.09. The Labute approximate surface area is 174 Å². The van der Waals surface area contributed by atoms with E-state index in [-0.39, 0.29) is 11.1 Å². The maximum absolute atomic E-state index is 12.4. The van der Waals surface area contributed by atoms with E-state index in [9.17, 15) is 4.79 Å². The van der Waals surface area contributed by atoms with Gasteiger partial charge in [-0.05, 0) is 44.0 Å².